The van der Waals surface area contributed by atoms with Crippen molar-refractivity contribution >= 4 is 34.4 Å². The van der Waals surface area contributed by atoms with Gasteiger partial charge in [-0.15, -0.1) is 0 Å². The molecule has 2 bridgehead atoms. The second-order valence-electron chi connectivity index (χ2n) is 15.6. The molecule has 4 fully saturated rings. The molecule has 0 radical (unpaired) electrons. The van der Waals surface area contributed by atoms with Crippen molar-refractivity contribution in [2.45, 2.75) is 94.5 Å². The summed E-state index contributed by atoms with van der Waals surface area (Å²) in [6.07, 6.45) is -3.45. The topological polar surface area (TPSA) is 112 Å². The number of anilines is 1. The van der Waals surface area contributed by atoms with Crippen LogP contribution < -0.4 is 19.1 Å². The molecule has 5 aliphatic heterocycles. The molecule has 0 N–H and O–H groups in total. The normalized spacial score (nSPS) is 26.4. The number of piperazine rings is 1. The van der Waals surface area contributed by atoms with E-state index in [-0.39, 0.29) is 79.9 Å². The second kappa shape index (κ2) is 13.4. The largest absolute Gasteiger partial charge is 0.475 e. The highest BCUT2D eigenvalue weighted by Crippen LogP contribution is 2.49. The van der Waals surface area contributed by atoms with Crippen molar-refractivity contribution in [3.63, 3.8) is 0 Å². The Balaban J connectivity index is 1.27. The van der Waals surface area contributed by atoms with Crippen LogP contribution in [-0.2, 0) is 15.7 Å². The maximum Gasteiger partial charge on any atom is 0.418 e. The Hall–Kier alpha value is -3.96. The smallest absolute Gasteiger partial charge is 0.418 e. The first-order chi connectivity index (χ1) is 25.6. The zero-order chi connectivity index (χ0) is 38.3. The highest BCUT2D eigenvalue weighted by atomic mass is 35.5. The third kappa shape index (κ3) is 6.38. The van der Waals surface area contributed by atoms with Gasteiger partial charge in [0.1, 0.15) is 53.2 Å². The van der Waals surface area contributed by atoms with E-state index in [4.69, 9.17) is 40.3 Å². The van der Waals surface area contributed by atoms with E-state index in [9.17, 15) is 22.4 Å². The first-order valence-corrected chi connectivity index (χ1v) is 18.3. The van der Waals surface area contributed by atoms with Crippen LogP contribution in [0.4, 0.5) is 32.6 Å². The monoisotopic (exact) mass is 782 g/mol. The molecule has 12 nitrogen and oxygen atoms in total. The van der Waals surface area contributed by atoms with Crippen LogP contribution in [0.15, 0.2) is 12.1 Å². The molecule has 3 aromatic rings. The van der Waals surface area contributed by atoms with Gasteiger partial charge in [0.2, 0.25) is 5.88 Å². The third-order valence-electron chi connectivity index (χ3n) is 11.0. The van der Waals surface area contributed by atoms with E-state index in [1.165, 1.54) is 7.11 Å². The van der Waals surface area contributed by atoms with Crippen LogP contribution in [0.25, 0.3) is 22.2 Å². The van der Waals surface area contributed by atoms with Crippen molar-refractivity contribution in [3.05, 3.63) is 28.5 Å². The molecular formula is C36H40ClF5N6O6. The lowest BCUT2D eigenvalue weighted by atomic mass is 9.95. The first kappa shape index (κ1) is 37.0. The molecular weight excluding hydrogens is 743 g/mol. The van der Waals surface area contributed by atoms with E-state index in [2.05, 4.69) is 9.97 Å². The van der Waals surface area contributed by atoms with E-state index in [1.807, 2.05) is 9.80 Å². The molecule has 5 atom stereocenters. The fourth-order valence-corrected chi connectivity index (χ4v) is 9.14. The minimum absolute atomic E-state index is 0.0229. The fraction of sp³-hybridized carbons (Fsp3) is 0.611. The molecule has 0 spiro atoms. The number of hydrogen-bond donors (Lipinski definition) is 0. The standard InChI is InChI=1S/C36H40ClF5N6O6/c1-34(2,3)54-33(49)48-19-6-7-23(48)24-15-51-31-25-29(27(39)28(43-31)21-10-20(53-17-50-4)11-22(37)26(21)36(40,41)42)44-32(45-30(25)47(24)14-19)52-16-35-8-5-9-46(35)13-18(38)12-35/h10-11,18-19,23-24H,5-9,12-17H2,1-4H3/t18-,19-,23+,24-,35-/m1/s1. The van der Waals surface area contributed by atoms with E-state index in [1.54, 1.807) is 25.7 Å². The van der Waals surface area contributed by atoms with Crippen molar-refractivity contribution in [2.24, 2.45) is 0 Å². The van der Waals surface area contributed by atoms with Gasteiger partial charge in [-0.2, -0.15) is 23.1 Å². The Morgan fingerprint density at radius 1 is 1.09 bits per heavy atom. The van der Waals surface area contributed by atoms with Crippen LogP contribution in [-0.4, -0.2) is 113 Å². The number of aromatic nitrogens is 3. The molecule has 0 saturated carbocycles. The summed E-state index contributed by atoms with van der Waals surface area (Å²) in [5, 5.41) is -0.710. The number of halogens is 6. The number of hydrogen-bond acceptors (Lipinski definition) is 11. The van der Waals surface area contributed by atoms with Gasteiger partial charge >= 0.3 is 18.3 Å². The lowest BCUT2D eigenvalue weighted by molar-refractivity contribution is -0.137. The second-order valence-corrected chi connectivity index (χ2v) is 16.0. The Bertz CT molecular complexity index is 1990. The summed E-state index contributed by atoms with van der Waals surface area (Å²) in [7, 11) is 1.33. The summed E-state index contributed by atoms with van der Waals surface area (Å²) < 4.78 is 104. The molecule has 2 aromatic heterocycles. The van der Waals surface area contributed by atoms with Crippen LogP contribution in [0.2, 0.25) is 5.02 Å². The number of ether oxygens (including phenoxy) is 5. The number of carbonyl (C=O) groups excluding carboxylic acids is 1. The van der Waals surface area contributed by atoms with Crippen LogP contribution in [0.3, 0.4) is 0 Å². The number of nitrogens with zero attached hydrogens (tertiary/aromatic N) is 6. The van der Waals surface area contributed by atoms with Crippen molar-refractivity contribution in [1.29, 1.82) is 0 Å². The van der Waals surface area contributed by atoms with Gasteiger partial charge in [0, 0.05) is 32.2 Å². The molecule has 1 amide bonds. The van der Waals surface area contributed by atoms with Gasteiger partial charge in [-0.25, -0.2) is 18.6 Å². The van der Waals surface area contributed by atoms with Gasteiger partial charge < -0.3 is 28.6 Å². The zero-order valence-corrected chi connectivity index (χ0v) is 30.9. The van der Waals surface area contributed by atoms with Crippen molar-refractivity contribution < 1.29 is 50.4 Å². The van der Waals surface area contributed by atoms with E-state index >= 15 is 4.39 Å². The SMILES string of the molecule is COCOc1cc(Cl)c(C(F)(F)F)c(-c2nc3c4c(nc(OC[C@]56CCCN5C[C@H](F)C6)nc4c2F)N2C[C@H]4CC[C@@H]([C@H]2CO3)N4C(=O)OC(C)(C)C)c1. The molecule has 0 aliphatic carbocycles. The quantitative estimate of drug-likeness (QED) is 0.187. The van der Waals surface area contributed by atoms with E-state index in [0.717, 1.165) is 18.6 Å². The number of pyridine rings is 1. The van der Waals surface area contributed by atoms with E-state index < -0.39 is 69.3 Å². The molecule has 5 aliphatic rings. The van der Waals surface area contributed by atoms with Crippen LogP contribution in [0, 0.1) is 5.82 Å². The van der Waals surface area contributed by atoms with E-state index in [0.29, 0.717) is 25.8 Å². The number of alkyl halides is 4. The Labute approximate surface area is 312 Å². The summed E-state index contributed by atoms with van der Waals surface area (Å²) in [5.74, 6) is -1.33. The predicted octanol–water partition coefficient (Wildman–Crippen LogP) is 6.79. The highest BCUT2D eigenvalue weighted by molar-refractivity contribution is 6.32. The maximum atomic E-state index is 17.1. The number of fused-ring (bicyclic) bond motifs is 6. The third-order valence-corrected chi connectivity index (χ3v) is 11.3. The molecule has 54 heavy (non-hydrogen) atoms. The van der Waals surface area contributed by atoms with Crippen molar-refractivity contribution in [2.75, 3.05) is 51.7 Å². The average Bonchev–Trinajstić information content (AvgIpc) is 3.69. The Morgan fingerprint density at radius 2 is 1.89 bits per heavy atom. The Morgan fingerprint density at radius 3 is 2.63 bits per heavy atom. The summed E-state index contributed by atoms with van der Waals surface area (Å²) in [6.45, 7) is 6.24. The first-order valence-electron chi connectivity index (χ1n) is 17.9. The Kier molecular flexibility index (Phi) is 9.15. The molecule has 292 valence electrons. The molecule has 8 rings (SSSR count). The van der Waals surface area contributed by atoms with Crippen LogP contribution >= 0.6 is 11.6 Å². The average molecular weight is 783 g/mol. The summed E-state index contributed by atoms with van der Waals surface area (Å²) in [6, 6.07) is 0.492. The molecule has 7 heterocycles. The summed E-state index contributed by atoms with van der Waals surface area (Å²) >= 11 is 6.19. The fourth-order valence-electron chi connectivity index (χ4n) is 8.82. The maximum absolute atomic E-state index is 17.1. The zero-order valence-electron chi connectivity index (χ0n) is 30.1. The van der Waals surface area contributed by atoms with Gasteiger partial charge in [-0.3, -0.25) is 9.80 Å². The molecule has 4 saturated heterocycles. The van der Waals surface area contributed by atoms with Crippen molar-refractivity contribution in [3.8, 4) is 28.9 Å². The predicted molar refractivity (Wildman–Crippen MR) is 185 cm³/mol. The molecule has 18 heteroatoms. The number of methoxy groups -OCH3 is 1. The summed E-state index contributed by atoms with van der Waals surface area (Å²) in [4.78, 5) is 32.8. The number of rotatable bonds is 7. The molecule has 0 unspecified atom stereocenters. The van der Waals surface area contributed by atoms with Crippen LogP contribution in [0.5, 0.6) is 17.6 Å². The number of carbonyl (C=O) groups is 1. The van der Waals surface area contributed by atoms with Gasteiger partial charge in [0.05, 0.1) is 34.3 Å². The van der Waals surface area contributed by atoms with Gasteiger partial charge in [-0.1, -0.05) is 11.6 Å². The minimum atomic E-state index is -5.03. The van der Waals surface area contributed by atoms with Crippen LogP contribution in [0.1, 0.15) is 58.4 Å². The molecule has 1 aromatic carbocycles. The van der Waals surface area contributed by atoms with Gasteiger partial charge in [0.15, 0.2) is 12.6 Å². The number of amides is 1. The van der Waals surface area contributed by atoms with Gasteiger partial charge in [-0.05, 0) is 65.1 Å². The lowest BCUT2D eigenvalue weighted by Crippen LogP contribution is -2.63. The lowest BCUT2D eigenvalue weighted by Gasteiger charge is -2.46. The summed E-state index contributed by atoms with van der Waals surface area (Å²) in [5.41, 5.74) is -4.51. The highest BCUT2D eigenvalue weighted by Gasteiger charge is 2.53. The minimum Gasteiger partial charge on any atom is -0.475 e. The van der Waals surface area contributed by atoms with Crippen molar-refractivity contribution in [1.82, 2.24) is 24.8 Å². The number of benzene rings is 1. The van der Waals surface area contributed by atoms with Gasteiger partial charge in [0.25, 0.3) is 0 Å².